The van der Waals surface area contributed by atoms with Gasteiger partial charge in [0.05, 0.1) is 13.7 Å². The highest BCUT2D eigenvalue weighted by molar-refractivity contribution is 5.98. The lowest BCUT2D eigenvalue weighted by Gasteiger charge is -2.15. The van der Waals surface area contributed by atoms with Crippen molar-refractivity contribution >= 4 is 23.6 Å². The van der Waals surface area contributed by atoms with E-state index >= 15 is 0 Å². The fourth-order valence-electron chi connectivity index (χ4n) is 2.30. The molecule has 0 aliphatic heterocycles. The number of benzene rings is 2. The monoisotopic (exact) mass is 356 g/mol. The highest BCUT2D eigenvalue weighted by Gasteiger charge is 2.11. The third-order valence-electron chi connectivity index (χ3n) is 3.68. The number of anilines is 1. The van der Waals surface area contributed by atoms with Gasteiger partial charge in [-0.05, 0) is 49.4 Å². The summed E-state index contributed by atoms with van der Waals surface area (Å²) in [6, 6.07) is 11.1. The van der Waals surface area contributed by atoms with E-state index in [-0.39, 0.29) is 24.2 Å². The van der Waals surface area contributed by atoms with Crippen molar-refractivity contribution in [1.82, 2.24) is 4.90 Å². The van der Waals surface area contributed by atoms with Gasteiger partial charge in [0.25, 0.3) is 0 Å². The molecule has 26 heavy (non-hydrogen) atoms. The van der Waals surface area contributed by atoms with Crippen molar-refractivity contribution in [2.45, 2.75) is 6.92 Å². The molecule has 2 rings (SSSR count). The molecule has 0 aliphatic rings. The second-order valence-corrected chi connectivity index (χ2v) is 5.83. The summed E-state index contributed by atoms with van der Waals surface area (Å²) in [7, 11) is 3.10. The quantitative estimate of drug-likeness (QED) is 0.809. The smallest absolute Gasteiger partial charge is 0.246 e. The molecule has 6 heteroatoms. The number of aryl methyl sites for hydroxylation is 1. The van der Waals surface area contributed by atoms with E-state index in [1.807, 2.05) is 25.1 Å². The standard InChI is InChI=1S/C20H21FN2O3/c1-14-4-10-18(26-3)15(12-14)5-11-20(25)23(2)13-19(24)22-17-8-6-16(21)7-9-17/h4-12H,13H2,1-3H3,(H,22,24)/b11-5+. The van der Waals surface area contributed by atoms with Gasteiger partial charge in [0.1, 0.15) is 11.6 Å². The molecule has 0 heterocycles. The second kappa shape index (κ2) is 8.80. The molecular formula is C20H21FN2O3. The lowest BCUT2D eigenvalue weighted by atomic mass is 10.1. The summed E-state index contributed by atoms with van der Waals surface area (Å²) in [6.07, 6.45) is 3.05. The minimum atomic E-state index is -0.382. The average molecular weight is 356 g/mol. The Hall–Kier alpha value is -3.15. The molecule has 2 aromatic carbocycles. The van der Waals surface area contributed by atoms with E-state index in [9.17, 15) is 14.0 Å². The number of halogens is 1. The molecule has 2 amide bonds. The van der Waals surface area contributed by atoms with Crippen LogP contribution in [0.2, 0.25) is 0 Å². The molecule has 0 bridgehead atoms. The Labute approximate surface area is 152 Å². The van der Waals surface area contributed by atoms with Crippen LogP contribution in [0.15, 0.2) is 48.5 Å². The van der Waals surface area contributed by atoms with Crippen molar-refractivity contribution in [3.8, 4) is 5.75 Å². The van der Waals surface area contributed by atoms with Gasteiger partial charge < -0.3 is 15.0 Å². The lowest BCUT2D eigenvalue weighted by Crippen LogP contribution is -2.33. The summed E-state index contributed by atoms with van der Waals surface area (Å²) in [6.45, 7) is 1.83. The zero-order chi connectivity index (χ0) is 19.1. The first-order valence-corrected chi connectivity index (χ1v) is 8.02. The van der Waals surface area contributed by atoms with E-state index in [0.717, 1.165) is 11.1 Å². The number of rotatable bonds is 6. The highest BCUT2D eigenvalue weighted by atomic mass is 19.1. The van der Waals surface area contributed by atoms with Crippen molar-refractivity contribution in [3.05, 3.63) is 65.5 Å². The van der Waals surface area contributed by atoms with Crippen molar-refractivity contribution in [2.75, 3.05) is 26.0 Å². The third kappa shape index (κ3) is 5.44. The van der Waals surface area contributed by atoms with Gasteiger partial charge in [0, 0.05) is 24.4 Å². The van der Waals surface area contributed by atoms with E-state index < -0.39 is 0 Å². The summed E-state index contributed by atoms with van der Waals surface area (Å²) >= 11 is 0. The molecule has 5 nitrogen and oxygen atoms in total. The van der Waals surface area contributed by atoms with Crippen LogP contribution in [0, 0.1) is 12.7 Å². The number of amides is 2. The Morgan fingerprint density at radius 1 is 1.19 bits per heavy atom. The molecule has 0 radical (unpaired) electrons. The Morgan fingerprint density at radius 2 is 1.88 bits per heavy atom. The fourth-order valence-corrected chi connectivity index (χ4v) is 2.30. The van der Waals surface area contributed by atoms with Gasteiger partial charge in [-0.2, -0.15) is 0 Å². The summed E-state index contributed by atoms with van der Waals surface area (Å²) in [5.74, 6) is -0.403. The summed E-state index contributed by atoms with van der Waals surface area (Å²) in [4.78, 5) is 25.5. The van der Waals surface area contributed by atoms with Gasteiger partial charge in [-0.3, -0.25) is 9.59 Å². The molecular weight excluding hydrogens is 335 g/mol. The highest BCUT2D eigenvalue weighted by Crippen LogP contribution is 2.21. The number of hydrogen-bond donors (Lipinski definition) is 1. The van der Waals surface area contributed by atoms with Gasteiger partial charge in [0.15, 0.2) is 0 Å². The van der Waals surface area contributed by atoms with Crippen LogP contribution < -0.4 is 10.1 Å². The van der Waals surface area contributed by atoms with Crippen LogP contribution in [0.5, 0.6) is 5.75 Å². The van der Waals surface area contributed by atoms with Crippen molar-refractivity contribution < 1.29 is 18.7 Å². The van der Waals surface area contributed by atoms with Gasteiger partial charge in [-0.15, -0.1) is 0 Å². The van der Waals surface area contributed by atoms with Crippen molar-refractivity contribution in [3.63, 3.8) is 0 Å². The molecule has 0 unspecified atom stereocenters. The maximum Gasteiger partial charge on any atom is 0.246 e. The molecule has 0 atom stereocenters. The number of methoxy groups -OCH3 is 1. The molecule has 2 aromatic rings. The maximum absolute atomic E-state index is 12.9. The Balaban J connectivity index is 1.95. The summed E-state index contributed by atoms with van der Waals surface area (Å²) in [5, 5.41) is 2.61. The number of ether oxygens (including phenoxy) is 1. The third-order valence-corrected chi connectivity index (χ3v) is 3.68. The number of nitrogens with zero attached hydrogens (tertiary/aromatic N) is 1. The van der Waals surface area contributed by atoms with Crippen molar-refractivity contribution in [2.24, 2.45) is 0 Å². The second-order valence-electron chi connectivity index (χ2n) is 5.83. The van der Waals surface area contributed by atoms with Gasteiger partial charge in [0.2, 0.25) is 11.8 Å². The van der Waals surface area contributed by atoms with Gasteiger partial charge >= 0.3 is 0 Å². The van der Waals surface area contributed by atoms with Crippen LogP contribution in [-0.4, -0.2) is 37.4 Å². The zero-order valence-electron chi connectivity index (χ0n) is 15.0. The fraction of sp³-hybridized carbons (Fsp3) is 0.200. The molecule has 0 fully saturated rings. The zero-order valence-corrected chi connectivity index (χ0v) is 15.0. The predicted octanol–water partition coefficient (Wildman–Crippen LogP) is 3.25. The van der Waals surface area contributed by atoms with E-state index in [0.29, 0.717) is 11.4 Å². The number of carbonyl (C=O) groups is 2. The first kappa shape index (κ1) is 19.2. The number of nitrogens with one attached hydrogen (secondary N) is 1. The summed E-state index contributed by atoms with van der Waals surface area (Å²) < 4.78 is 18.1. The van der Waals surface area contributed by atoms with Crippen LogP contribution in [0.4, 0.5) is 10.1 Å². The van der Waals surface area contributed by atoms with Crippen LogP contribution in [-0.2, 0) is 9.59 Å². The Bertz CT molecular complexity index is 816. The SMILES string of the molecule is COc1ccc(C)cc1/C=C/C(=O)N(C)CC(=O)Nc1ccc(F)cc1. The number of hydrogen-bond acceptors (Lipinski definition) is 3. The predicted molar refractivity (Wildman–Crippen MR) is 99.4 cm³/mol. The van der Waals surface area contributed by atoms with E-state index in [2.05, 4.69) is 5.32 Å². The maximum atomic E-state index is 12.9. The number of carbonyl (C=O) groups excluding carboxylic acids is 2. The normalized spacial score (nSPS) is 10.6. The first-order chi connectivity index (χ1) is 12.4. The molecule has 0 spiro atoms. The van der Waals surface area contributed by atoms with Crippen LogP contribution in [0.3, 0.4) is 0 Å². The van der Waals surface area contributed by atoms with Crippen LogP contribution >= 0.6 is 0 Å². The van der Waals surface area contributed by atoms with Gasteiger partial charge in [-0.25, -0.2) is 4.39 Å². The van der Waals surface area contributed by atoms with E-state index in [4.69, 9.17) is 4.74 Å². The molecule has 0 aliphatic carbocycles. The number of likely N-dealkylation sites (N-methyl/N-ethyl adjacent to an activating group) is 1. The average Bonchev–Trinajstić information content (AvgIpc) is 2.61. The van der Waals surface area contributed by atoms with Crippen LogP contribution in [0.1, 0.15) is 11.1 Å². The summed E-state index contributed by atoms with van der Waals surface area (Å²) in [5.41, 5.74) is 2.30. The molecule has 0 aromatic heterocycles. The first-order valence-electron chi connectivity index (χ1n) is 8.02. The largest absolute Gasteiger partial charge is 0.496 e. The van der Waals surface area contributed by atoms with Crippen LogP contribution in [0.25, 0.3) is 6.08 Å². The van der Waals surface area contributed by atoms with Crippen molar-refractivity contribution in [1.29, 1.82) is 0 Å². The molecule has 136 valence electrons. The minimum absolute atomic E-state index is 0.120. The molecule has 0 saturated carbocycles. The lowest BCUT2D eigenvalue weighted by molar-refractivity contribution is -0.129. The van der Waals surface area contributed by atoms with Gasteiger partial charge in [-0.1, -0.05) is 11.6 Å². The topological polar surface area (TPSA) is 58.6 Å². The molecule has 1 N–H and O–H groups in total. The molecule has 0 saturated heterocycles. The van der Waals surface area contributed by atoms with E-state index in [1.165, 1.54) is 42.3 Å². The van der Waals surface area contributed by atoms with E-state index in [1.54, 1.807) is 13.2 Å². The Kier molecular flexibility index (Phi) is 6.49. The Morgan fingerprint density at radius 3 is 2.54 bits per heavy atom. The minimum Gasteiger partial charge on any atom is -0.496 e.